The van der Waals surface area contributed by atoms with E-state index in [9.17, 15) is 4.79 Å². The van der Waals surface area contributed by atoms with Crippen molar-refractivity contribution in [2.45, 2.75) is 44.3 Å². The number of thiophene rings is 1. The van der Waals surface area contributed by atoms with Gasteiger partial charge in [-0.1, -0.05) is 0 Å². The summed E-state index contributed by atoms with van der Waals surface area (Å²) in [4.78, 5) is 14.0. The summed E-state index contributed by atoms with van der Waals surface area (Å²) in [6.07, 6.45) is 4.65. The standard InChI is InChI=1S/C12H16N2OS/c15-12(13-10-1-2-10)14(11-3-4-11)7-9-5-6-16-8-9/h5-6,8,10-11H,1-4,7H2,(H,13,15). The van der Waals surface area contributed by atoms with Crippen LogP contribution in [0, 0.1) is 0 Å². The first-order valence-electron chi connectivity index (χ1n) is 5.91. The van der Waals surface area contributed by atoms with Crippen molar-refractivity contribution in [3.8, 4) is 0 Å². The molecule has 1 aromatic rings. The molecule has 2 saturated carbocycles. The predicted octanol–water partition coefficient (Wildman–Crippen LogP) is 2.58. The minimum atomic E-state index is 0.135. The summed E-state index contributed by atoms with van der Waals surface area (Å²) in [6, 6.07) is 3.18. The lowest BCUT2D eigenvalue weighted by atomic mass is 10.3. The predicted molar refractivity (Wildman–Crippen MR) is 64.4 cm³/mol. The molecule has 1 N–H and O–H groups in total. The summed E-state index contributed by atoms with van der Waals surface area (Å²) < 4.78 is 0. The molecule has 3 nitrogen and oxygen atoms in total. The van der Waals surface area contributed by atoms with Crippen LogP contribution in [0.4, 0.5) is 4.79 Å². The van der Waals surface area contributed by atoms with Gasteiger partial charge in [0.2, 0.25) is 0 Å². The van der Waals surface area contributed by atoms with Gasteiger partial charge in [0, 0.05) is 18.6 Å². The number of hydrogen-bond donors (Lipinski definition) is 1. The van der Waals surface area contributed by atoms with Gasteiger partial charge in [0.15, 0.2) is 0 Å². The molecular weight excluding hydrogens is 220 g/mol. The van der Waals surface area contributed by atoms with Gasteiger partial charge in [-0.2, -0.15) is 11.3 Å². The van der Waals surface area contributed by atoms with Crippen molar-refractivity contribution < 1.29 is 4.79 Å². The highest BCUT2D eigenvalue weighted by molar-refractivity contribution is 7.07. The van der Waals surface area contributed by atoms with Gasteiger partial charge in [0.05, 0.1) is 0 Å². The fourth-order valence-electron chi connectivity index (χ4n) is 1.82. The van der Waals surface area contributed by atoms with E-state index >= 15 is 0 Å². The zero-order valence-corrected chi connectivity index (χ0v) is 10.0. The average molecular weight is 236 g/mol. The number of nitrogens with one attached hydrogen (secondary N) is 1. The molecule has 2 aliphatic rings. The Kier molecular flexibility index (Phi) is 2.59. The molecule has 2 fully saturated rings. The average Bonchev–Trinajstić information content (AvgIpc) is 3.18. The van der Waals surface area contributed by atoms with Crippen molar-refractivity contribution in [1.82, 2.24) is 10.2 Å². The Labute approximate surface area is 99.5 Å². The second kappa shape index (κ2) is 4.09. The van der Waals surface area contributed by atoms with Crippen LogP contribution in [-0.4, -0.2) is 23.0 Å². The Morgan fingerprint density at radius 2 is 2.25 bits per heavy atom. The Balaban J connectivity index is 1.63. The summed E-state index contributed by atoms with van der Waals surface area (Å²) in [5.41, 5.74) is 1.25. The zero-order chi connectivity index (χ0) is 11.0. The molecule has 0 saturated heterocycles. The van der Waals surface area contributed by atoms with Crippen LogP contribution in [-0.2, 0) is 6.54 Å². The van der Waals surface area contributed by atoms with E-state index in [4.69, 9.17) is 0 Å². The molecule has 86 valence electrons. The van der Waals surface area contributed by atoms with Gasteiger partial charge in [-0.3, -0.25) is 0 Å². The summed E-state index contributed by atoms with van der Waals surface area (Å²) in [5, 5.41) is 7.27. The van der Waals surface area contributed by atoms with Crippen molar-refractivity contribution in [3.05, 3.63) is 22.4 Å². The van der Waals surface area contributed by atoms with Gasteiger partial charge in [-0.25, -0.2) is 4.79 Å². The van der Waals surface area contributed by atoms with Crippen LogP contribution in [0.1, 0.15) is 31.2 Å². The number of carbonyl (C=O) groups is 1. The number of nitrogens with zero attached hydrogens (tertiary/aromatic N) is 1. The van der Waals surface area contributed by atoms with Crippen LogP contribution in [0.3, 0.4) is 0 Å². The SMILES string of the molecule is O=C(NC1CC1)N(Cc1ccsc1)C1CC1. The molecule has 0 bridgehead atoms. The van der Waals surface area contributed by atoms with Crippen molar-refractivity contribution in [3.63, 3.8) is 0 Å². The molecule has 3 rings (SSSR count). The molecule has 0 spiro atoms. The van der Waals surface area contributed by atoms with E-state index in [1.54, 1.807) is 11.3 Å². The largest absolute Gasteiger partial charge is 0.335 e. The van der Waals surface area contributed by atoms with Crippen LogP contribution in [0.25, 0.3) is 0 Å². The number of urea groups is 1. The lowest BCUT2D eigenvalue weighted by Crippen LogP contribution is -2.41. The maximum Gasteiger partial charge on any atom is 0.318 e. The molecule has 16 heavy (non-hydrogen) atoms. The summed E-state index contributed by atoms with van der Waals surface area (Å²) in [7, 11) is 0. The highest BCUT2D eigenvalue weighted by atomic mass is 32.1. The molecule has 4 heteroatoms. The zero-order valence-electron chi connectivity index (χ0n) is 9.19. The lowest BCUT2D eigenvalue weighted by molar-refractivity contribution is 0.191. The number of rotatable bonds is 4. The molecular formula is C12H16N2OS. The van der Waals surface area contributed by atoms with Crippen molar-refractivity contribution in [1.29, 1.82) is 0 Å². The summed E-state index contributed by atoms with van der Waals surface area (Å²) in [5.74, 6) is 0. The van der Waals surface area contributed by atoms with Gasteiger partial charge in [0.1, 0.15) is 0 Å². The van der Waals surface area contributed by atoms with E-state index in [-0.39, 0.29) is 6.03 Å². The first-order valence-corrected chi connectivity index (χ1v) is 6.85. The molecule has 2 amide bonds. The normalized spacial score (nSPS) is 19.5. The minimum absolute atomic E-state index is 0.135. The number of amides is 2. The van der Waals surface area contributed by atoms with Gasteiger partial charge in [-0.15, -0.1) is 0 Å². The fraction of sp³-hybridized carbons (Fsp3) is 0.583. The first-order chi connectivity index (χ1) is 7.83. The molecule has 0 aliphatic heterocycles. The third-order valence-corrected chi connectivity index (χ3v) is 3.82. The van der Waals surface area contributed by atoms with E-state index in [2.05, 4.69) is 22.1 Å². The highest BCUT2D eigenvalue weighted by Crippen LogP contribution is 2.29. The molecule has 2 aliphatic carbocycles. The van der Waals surface area contributed by atoms with E-state index < -0.39 is 0 Å². The molecule has 0 atom stereocenters. The molecule has 0 aromatic carbocycles. The van der Waals surface area contributed by atoms with E-state index in [0.717, 1.165) is 19.4 Å². The molecule has 1 aromatic heterocycles. The molecule has 0 radical (unpaired) electrons. The Morgan fingerprint density at radius 3 is 2.81 bits per heavy atom. The fourth-order valence-corrected chi connectivity index (χ4v) is 2.48. The van der Waals surface area contributed by atoms with Crippen LogP contribution in [0.5, 0.6) is 0 Å². The molecule has 0 unspecified atom stereocenters. The topological polar surface area (TPSA) is 32.3 Å². The maximum atomic E-state index is 12.0. The quantitative estimate of drug-likeness (QED) is 0.856. The van der Waals surface area contributed by atoms with Crippen LogP contribution >= 0.6 is 11.3 Å². The third-order valence-electron chi connectivity index (χ3n) is 3.09. The lowest BCUT2D eigenvalue weighted by Gasteiger charge is -2.22. The smallest absolute Gasteiger partial charge is 0.318 e. The second-order valence-electron chi connectivity index (χ2n) is 4.71. The van der Waals surface area contributed by atoms with Crippen LogP contribution in [0.15, 0.2) is 16.8 Å². The van der Waals surface area contributed by atoms with E-state index in [1.807, 2.05) is 4.90 Å². The number of carbonyl (C=O) groups excluding carboxylic acids is 1. The van der Waals surface area contributed by atoms with Gasteiger partial charge in [-0.05, 0) is 48.1 Å². The molecule has 1 heterocycles. The second-order valence-corrected chi connectivity index (χ2v) is 5.49. The van der Waals surface area contributed by atoms with E-state index in [1.165, 1.54) is 18.4 Å². The summed E-state index contributed by atoms with van der Waals surface area (Å²) >= 11 is 1.69. The first kappa shape index (κ1) is 10.1. The maximum absolute atomic E-state index is 12.0. The van der Waals surface area contributed by atoms with Crippen molar-refractivity contribution in [2.24, 2.45) is 0 Å². The van der Waals surface area contributed by atoms with Crippen molar-refractivity contribution >= 4 is 17.4 Å². The number of hydrogen-bond acceptors (Lipinski definition) is 2. The van der Waals surface area contributed by atoms with E-state index in [0.29, 0.717) is 12.1 Å². The van der Waals surface area contributed by atoms with Gasteiger partial charge in [0.25, 0.3) is 0 Å². The van der Waals surface area contributed by atoms with Gasteiger partial charge < -0.3 is 10.2 Å². The third kappa shape index (κ3) is 2.38. The van der Waals surface area contributed by atoms with Gasteiger partial charge >= 0.3 is 6.03 Å². The Morgan fingerprint density at radius 1 is 1.44 bits per heavy atom. The summed E-state index contributed by atoms with van der Waals surface area (Å²) in [6.45, 7) is 0.771. The minimum Gasteiger partial charge on any atom is -0.335 e. The monoisotopic (exact) mass is 236 g/mol. The van der Waals surface area contributed by atoms with Crippen LogP contribution in [0.2, 0.25) is 0 Å². The highest BCUT2D eigenvalue weighted by Gasteiger charge is 2.34. The Bertz CT molecular complexity index is 368. The Hall–Kier alpha value is -1.03. The van der Waals surface area contributed by atoms with Crippen molar-refractivity contribution in [2.75, 3.05) is 0 Å². The van der Waals surface area contributed by atoms with Crippen LogP contribution < -0.4 is 5.32 Å².